The van der Waals surface area contributed by atoms with Crippen LogP contribution in [0.5, 0.6) is 0 Å². The van der Waals surface area contributed by atoms with Gasteiger partial charge in [0, 0.05) is 30.4 Å². The summed E-state index contributed by atoms with van der Waals surface area (Å²) < 4.78 is 0. The van der Waals surface area contributed by atoms with E-state index in [-0.39, 0.29) is 0 Å². The van der Waals surface area contributed by atoms with Crippen molar-refractivity contribution in [2.24, 2.45) is 0 Å². The minimum Gasteiger partial charge on any atom is -0.311 e. The van der Waals surface area contributed by atoms with E-state index in [4.69, 9.17) is 0 Å². The zero-order valence-corrected chi connectivity index (χ0v) is 12.8. The van der Waals surface area contributed by atoms with Gasteiger partial charge >= 0.3 is 0 Å². The molecule has 2 aromatic rings. The van der Waals surface area contributed by atoms with Crippen molar-refractivity contribution >= 4 is 0 Å². The largest absolute Gasteiger partial charge is 0.311 e. The van der Waals surface area contributed by atoms with Crippen LogP contribution in [0.25, 0.3) is 0 Å². The third-order valence-electron chi connectivity index (χ3n) is 3.73. The van der Waals surface area contributed by atoms with Gasteiger partial charge in [0.05, 0.1) is 5.69 Å². The Kier molecular flexibility index (Phi) is 4.93. The van der Waals surface area contributed by atoms with Gasteiger partial charge in [-0.1, -0.05) is 30.3 Å². The van der Waals surface area contributed by atoms with Gasteiger partial charge in [-0.3, -0.25) is 5.10 Å². The van der Waals surface area contributed by atoms with Gasteiger partial charge in [0.2, 0.25) is 0 Å². The number of aromatic amines is 1. The van der Waals surface area contributed by atoms with Crippen LogP contribution < -0.4 is 5.32 Å². The van der Waals surface area contributed by atoms with E-state index in [1.165, 1.54) is 11.1 Å². The maximum atomic E-state index is 4.23. The summed E-state index contributed by atoms with van der Waals surface area (Å²) in [6.07, 6.45) is 0. The van der Waals surface area contributed by atoms with E-state index in [0.29, 0.717) is 6.04 Å². The van der Waals surface area contributed by atoms with Crippen molar-refractivity contribution in [2.45, 2.75) is 26.4 Å². The molecule has 1 aromatic carbocycles. The number of aryl methyl sites for hydroxylation is 2. The molecular weight excluding hydrogens is 248 g/mol. The average molecular weight is 272 g/mol. The molecule has 0 saturated carbocycles. The topological polar surface area (TPSA) is 44.0 Å². The second-order valence-corrected chi connectivity index (χ2v) is 5.43. The van der Waals surface area contributed by atoms with E-state index in [0.717, 1.165) is 24.5 Å². The number of likely N-dealkylation sites (N-methyl/N-ethyl adjacent to an activating group) is 1. The van der Waals surface area contributed by atoms with Gasteiger partial charge in [0.1, 0.15) is 0 Å². The smallest absolute Gasteiger partial charge is 0.0638 e. The van der Waals surface area contributed by atoms with E-state index < -0.39 is 0 Å². The number of H-pyrrole nitrogens is 1. The highest BCUT2D eigenvalue weighted by molar-refractivity contribution is 5.23. The van der Waals surface area contributed by atoms with Crippen LogP contribution in [0.1, 0.15) is 28.6 Å². The number of benzene rings is 1. The Morgan fingerprint density at radius 3 is 2.45 bits per heavy atom. The van der Waals surface area contributed by atoms with Crippen molar-refractivity contribution in [3.63, 3.8) is 0 Å². The van der Waals surface area contributed by atoms with Gasteiger partial charge in [0.15, 0.2) is 0 Å². The lowest BCUT2D eigenvalue weighted by atomic mass is 10.1. The fourth-order valence-electron chi connectivity index (χ4n) is 2.44. The van der Waals surface area contributed by atoms with Gasteiger partial charge in [-0.15, -0.1) is 0 Å². The van der Waals surface area contributed by atoms with Crippen molar-refractivity contribution < 1.29 is 0 Å². The molecule has 1 heterocycles. The zero-order valence-electron chi connectivity index (χ0n) is 12.8. The molecule has 0 saturated heterocycles. The molecule has 20 heavy (non-hydrogen) atoms. The third kappa shape index (κ3) is 3.46. The molecule has 0 aliphatic rings. The number of hydrogen-bond donors (Lipinski definition) is 2. The lowest BCUT2D eigenvalue weighted by Crippen LogP contribution is -2.31. The summed E-state index contributed by atoms with van der Waals surface area (Å²) in [7, 11) is 4.24. The van der Waals surface area contributed by atoms with Crippen LogP contribution in [0.3, 0.4) is 0 Å². The molecule has 4 nitrogen and oxygen atoms in total. The van der Waals surface area contributed by atoms with Crippen LogP contribution in [-0.2, 0) is 6.54 Å². The first kappa shape index (κ1) is 14.8. The lowest BCUT2D eigenvalue weighted by Gasteiger charge is -2.25. The molecule has 0 unspecified atom stereocenters. The number of rotatable bonds is 6. The number of nitrogens with zero attached hydrogens (tertiary/aromatic N) is 2. The van der Waals surface area contributed by atoms with E-state index >= 15 is 0 Å². The van der Waals surface area contributed by atoms with Crippen LogP contribution in [0.4, 0.5) is 0 Å². The fourth-order valence-corrected chi connectivity index (χ4v) is 2.44. The molecule has 108 valence electrons. The Morgan fingerprint density at radius 2 is 1.90 bits per heavy atom. The Morgan fingerprint density at radius 1 is 1.20 bits per heavy atom. The Labute approximate surface area is 121 Å². The summed E-state index contributed by atoms with van der Waals surface area (Å²) >= 11 is 0. The van der Waals surface area contributed by atoms with Gasteiger partial charge in [0.25, 0.3) is 0 Å². The van der Waals surface area contributed by atoms with Crippen LogP contribution in [-0.4, -0.2) is 35.7 Å². The Bertz CT molecular complexity index is 511. The van der Waals surface area contributed by atoms with Crippen LogP contribution in [0, 0.1) is 13.8 Å². The van der Waals surface area contributed by atoms with E-state index in [1.807, 2.05) is 6.92 Å². The number of nitrogens with one attached hydrogen (secondary N) is 2. The molecule has 2 N–H and O–H groups in total. The molecule has 0 aliphatic heterocycles. The quantitative estimate of drug-likeness (QED) is 0.849. The third-order valence-corrected chi connectivity index (χ3v) is 3.73. The maximum absolute atomic E-state index is 4.23. The van der Waals surface area contributed by atoms with Crippen molar-refractivity contribution in [2.75, 3.05) is 20.6 Å². The molecule has 1 aromatic heterocycles. The first-order valence-corrected chi connectivity index (χ1v) is 7.02. The molecule has 1 atom stereocenters. The predicted molar refractivity (Wildman–Crippen MR) is 82.6 cm³/mol. The fraction of sp³-hybridized carbons (Fsp3) is 0.438. The molecule has 0 amide bonds. The number of aromatic nitrogens is 2. The molecular formula is C16H24N4. The monoisotopic (exact) mass is 272 g/mol. The summed E-state index contributed by atoms with van der Waals surface area (Å²) in [5, 5.41) is 10.8. The molecule has 0 spiro atoms. The second-order valence-electron chi connectivity index (χ2n) is 5.43. The van der Waals surface area contributed by atoms with Gasteiger partial charge in [-0.05, 0) is 33.5 Å². The minimum absolute atomic E-state index is 0.378. The Balaban J connectivity index is 1.97. The second kappa shape index (κ2) is 6.68. The van der Waals surface area contributed by atoms with Crippen molar-refractivity contribution in [3.8, 4) is 0 Å². The van der Waals surface area contributed by atoms with Crippen LogP contribution in [0.2, 0.25) is 0 Å². The van der Waals surface area contributed by atoms with E-state index in [2.05, 4.69) is 71.8 Å². The Hall–Kier alpha value is -1.65. The molecule has 0 aliphatic carbocycles. The van der Waals surface area contributed by atoms with Gasteiger partial charge in [-0.25, -0.2) is 0 Å². The molecule has 4 heteroatoms. The highest BCUT2D eigenvalue weighted by Crippen LogP contribution is 2.17. The summed E-state index contributed by atoms with van der Waals surface area (Å²) in [5.74, 6) is 0. The first-order valence-electron chi connectivity index (χ1n) is 7.02. The maximum Gasteiger partial charge on any atom is 0.0638 e. The van der Waals surface area contributed by atoms with Crippen LogP contribution >= 0.6 is 0 Å². The van der Waals surface area contributed by atoms with E-state index in [9.17, 15) is 0 Å². The molecule has 0 bridgehead atoms. The predicted octanol–water partition coefficient (Wildman–Crippen LogP) is 2.42. The van der Waals surface area contributed by atoms with E-state index in [1.54, 1.807) is 0 Å². The standard InChI is InChI=1S/C16H24N4/c1-12-15(13(2)19-18-12)10-17-11-16(20(3)4)14-8-6-5-7-9-14/h5-9,16-17H,10-11H2,1-4H3,(H,18,19)/t16-/m0/s1. The summed E-state index contributed by atoms with van der Waals surface area (Å²) in [5.41, 5.74) is 4.84. The van der Waals surface area contributed by atoms with Crippen molar-refractivity contribution in [3.05, 3.63) is 52.8 Å². The number of hydrogen-bond acceptors (Lipinski definition) is 3. The highest BCUT2D eigenvalue weighted by Gasteiger charge is 2.14. The summed E-state index contributed by atoms with van der Waals surface area (Å²) in [4.78, 5) is 2.25. The minimum atomic E-state index is 0.378. The van der Waals surface area contributed by atoms with Crippen molar-refractivity contribution in [1.82, 2.24) is 20.4 Å². The lowest BCUT2D eigenvalue weighted by molar-refractivity contribution is 0.288. The zero-order chi connectivity index (χ0) is 14.5. The van der Waals surface area contributed by atoms with Gasteiger partial charge in [-0.2, -0.15) is 5.10 Å². The normalized spacial score (nSPS) is 12.8. The summed E-state index contributed by atoms with van der Waals surface area (Å²) in [6.45, 7) is 5.88. The SMILES string of the molecule is Cc1n[nH]c(C)c1CNC[C@@H](c1ccccc1)N(C)C. The highest BCUT2D eigenvalue weighted by atomic mass is 15.1. The summed E-state index contributed by atoms with van der Waals surface area (Å²) in [6, 6.07) is 11.0. The average Bonchev–Trinajstić information content (AvgIpc) is 2.75. The van der Waals surface area contributed by atoms with Crippen molar-refractivity contribution in [1.29, 1.82) is 0 Å². The van der Waals surface area contributed by atoms with Gasteiger partial charge < -0.3 is 10.2 Å². The first-order chi connectivity index (χ1) is 9.59. The molecule has 0 radical (unpaired) electrons. The molecule has 0 fully saturated rings. The molecule has 2 rings (SSSR count). The van der Waals surface area contributed by atoms with Crippen LogP contribution in [0.15, 0.2) is 30.3 Å².